The Balaban J connectivity index is 1.82. The molecule has 5 nitrogen and oxygen atoms in total. The SMILES string of the molecule is CCOC(=O)c1c(NC(=O)[C@@H](C)Oc2ccc(Cl)cc2C)sc2c1CCCCCC2. The van der Waals surface area contributed by atoms with Crippen molar-refractivity contribution in [3.63, 3.8) is 0 Å². The molecule has 1 atom stereocenters. The Hall–Kier alpha value is -2.05. The third-order valence-corrected chi connectivity index (χ3v) is 6.64. The lowest BCUT2D eigenvalue weighted by molar-refractivity contribution is -0.122. The van der Waals surface area contributed by atoms with E-state index in [1.165, 1.54) is 22.6 Å². The van der Waals surface area contributed by atoms with Gasteiger partial charge in [0.25, 0.3) is 5.91 Å². The van der Waals surface area contributed by atoms with Crippen molar-refractivity contribution in [2.45, 2.75) is 65.4 Å². The van der Waals surface area contributed by atoms with Crippen molar-refractivity contribution in [3.05, 3.63) is 44.8 Å². The molecule has 0 spiro atoms. The predicted molar refractivity (Wildman–Crippen MR) is 121 cm³/mol. The summed E-state index contributed by atoms with van der Waals surface area (Å²) in [4.78, 5) is 26.7. The Kier molecular flexibility index (Phi) is 7.78. The van der Waals surface area contributed by atoms with E-state index in [0.29, 0.717) is 27.9 Å². The van der Waals surface area contributed by atoms with E-state index in [4.69, 9.17) is 21.1 Å². The van der Waals surface area contributed by atoms with Gasteiger partial charge in [0.1, 0.15) is 10.8 Å². The fraction of sp³-hybridized carbons (Fsp3) is 0.478. The molecule has 0 bridgehead atoms. The van der Waals surface area contributed by atoms with Crippen molar-refractivity contribution >= 4 is 39.8 Å². The highest BCUT2D eigenvalue weighted by Gasteiger charge is 2.27. The van der Waals surface area contributed by atoms with Crippen LogP contribution in [0.5, 0.6) is 5.75 Å². The summed E-state index contributed by atoms with van der Waals surface area (Å²) < 4.78 is 11.1. The molecule has 0 saturated heterocycles. The van der Waals surface area contributed by atoms with E-state index >= 15 is 0 Å². The van der Waals surface area contributed by atoms with Crippen LogP contribution in [0.4, 0.5) is 5.00 Å². The van der Waals surface area contributed by atoms with E-state index in [1.54, 1.807) is 32.0 Å². The van der Waals surface area contributed by atoms with Gasteiger partial charge in [-0.3, -0.25) is 4.79 Å². The number of anilines is 1. The molecule has 1 amide bonds. The number of ether oxygens (including phenoxy) is 2. The third-order valence-electron chi connectivity index (χ3n) is 5.20. The first kappa shape index (κ1) is 22.6. The Morgan fingerprint density at radius 2 is 1.93 bits per heavy atom. The van der Waals surface area contributed by atoms with Gasteiger partial charge in [-0.15, -0.1) is 11.3 Å². The van der Waals surface area contributed by atoms with E-state index < -0.39 is 6.10 Å². The summed E-state index contributed by atoms with van der Waals surface area (Å²) in [7, 11) is 0. The number of hydrogen-bond acceptors (Lipinski definition) is 5. The van der Waals surface area contributed by atoms with Crippen LogP contribution < -0.4 is 10.1 Å². The molecule has 0 saturated carbocycles. The average molecular weight is 450 g/mol. The van der Waals surface area contributed by atoms with Crippen LogP contribution in [0.15, 0.2) is 18.2 Å². The molecule has 1 heterocycles. The van der Waals surface area contributed by atoms with E-state index in [9.17, 15) is 9.59 Å². The van der Waals surface area contributed by atoms with Gasteiger partial charge in [-0.1, -0.05) is 24.4 Å². The maximum absolute atomic E-state index is 12.9. The standard InChI is InChI=1S/C23H28ClNO4S/c1-4-28-23(27)20-17-9-7-5-6-8-10-19(17)30-22(20)25-21(26)15(3)29-18-12-11-16(24)13-14(18)2/h11-13,15H,4-10H2,1-3H3,(H,25,26)/t15-/m1/s1. The quantitative estimate of drug-likeness (QED) is 0.553. The van der Waals surface area contributed by atoms with Gasteiger partial charge in [-0.05, 0) is 75.8 Å². The smallest absolute Gasteiger partial charge is 0.341 e. The van der Waals surface area contributed by atoms with Crippen molar-refractivity contribution in [1.82, 2.24) is 0 Å². The molecule has 1 aliphatic carbocycles. The second-order valence-electron chi connectivity index (χ2n) is 7.50. The number of aryl methyl sites for hydroxylation is 2. The fourth-order valence-electron chi connectivity index (χ4n) is 3.63. The molecule has 2 aromatic rings. The molecule has 1 aromatic carbocycles. The number of amides is 1. The number of carbonyl (C=O) groups is 2. The van der Waals surface area contributed by atoms with Crippen molar-refractivity contribution in [1.29, 1.82) is 0 Å². The Morgan fingerprint density at radius 3 is 2.63 bits per heavy atom. The molecule has 7 heteroatoms. The van der Waals surface area contributed by atoms with Crippen molar-refractivity contribution in [2.24, 2.45) is 0 Å². The zero-order chi connectivity index (χ0) is 21.7. The molecule has 1 aromatic heterocycles. The lowest BCUT2D eigenvalue weighted by Crippen LogP contribution is -2.30. The van der Waals surface area contributed by atoms with Crippen LogP contribution in [-0.2, 0) is 22.4 Å². The first-order valence-electron chi connectivity index (χ1n) is 10.5. The predicted octanol–water partition coefficient (Wildman–Crippen LogP) is 5.95. The Labute approximate surface area is 186 Å². The first-order chi connectivity index (χ1) is 14.4. The second-order valence-corrected chi connectivity index (χ2v) is 9.04. The Bertz CT molecular complexity index is 924. The van der Waals surface area contributed by atoms with Gasteiger partial charge >= 0.3 is 5.97 Å². The number of halogens is 1. The summed E-state index contributed by atoms with van der Waals surface area (Å²) in [5.41, 5.74) is 2.41. The molecule has 162 valence electrons. The van der Waals surface area contributed by atoms with E-state index in [0.717, 1.165) is 43.2 Å². The lowest BCUT2D eigenvalue weighted by atomic mass is 9.96. The van der Waals surface area contributed by atoms with Crippen molar-refractivity contribution in [2.75, 3.05) is 11.9 Å². The van der Waals surface area contributed by atoms with E-state index in [2.05, 4.69) is 5.32 Å². The topological polar surface area (TPSA) is 64.6 Å². The van der Waals surface area contributed by atoms with Gasteiger partial charge < -0.3 is 14.8 Å². The monoisotopic (exact) mass is 449 g/mol. The molecule has 1 aliphatic rings. The number of thiophene rings is 1. The Morgan fingerprint density at radius 1 is 1.20 bits per heavy atom. The number of carbonyl (C=O) groups excluding carboxylic acids is 2. The molecule has 0 aliphatic heterocycles. The number of rotatable bonds is 6. The highest BCUT2D eigenvalue weighted by molar-refractivity contribution is 7.17. The number of fused-ring (bicyclic) bond motifs is 1. The minimum absolute atomic E-state index is 0.298. The van der Waals surface area contributed by atoms with Crippen LogP contribution in [0.2, 0.25) is 5.02 Å². The van der Waals surface area contributed by atoms with Crippen LogP contribution >= 0.6 is 22.9 Å². The summed E-state index contributed by atoms with van der Waals surface area (Å²) in [6, 6.07) is 5.27. The number of esters is 1. The van der Waals surface area contributed by atoms with Gasteiger partial charge in [0, 0.05) is 9.90 Å². The van der Waals surface area contributed by atoms with Crippen molar-refractivity contribution in [3.8, 4) is 5.75 Å². The third kappa shape index (κ3) is 5.35. The van der Waals surface area contributed by atoms with Crippen LogP contribution in [0.1, 0.15) is 65.9 Å². The molecule has 0 unspecified atom stereocenters. The first-order valence-corrected chi connectivity index (χ1v) is 11.7. The van der Waals surface area contributed by atoms with Crippen LogP contribution in [-0.4, -0.2) is 24.6 Å². The summed E-state index contributed by atoms with van der Waals surface area (Å²) >= 11 is 7.48. The summed E-state index contributed by atoms with van der Waals surface area (Å²) in [5.74, 6) is -0.0665. The fourth-order valence-corrected chi connectivity index (χ4v) is 5.14. The van der Waals surface area contributed by atoms with Gasteiger partial charge in [0.15, 0.2) is 6.10 Å². The minimum Gasteiger partial charge on any atom is -0.481 e. The number of hydrogen-bond donors (Lipinski definition) is 1. The van der Waals surface area contributed by atoms with E-state index in [-0.39, 0.29) is 11.9 Å². The van der Waals surface area contributed by atoms with Crippen LogP contribution in [0, 0.1) is 6.92 Å². The normalized spacial score (nSPS) is 14.8. The highest BCUT2D eigenvalue weighted by Crippen LogP contribution is 2.37. The molecule has 0 fully saturated rings. The summed E-state index contributed by atoms with van der Waals surface area (Å²) in [6.45, 7) is 5.66. The molecule has 30 heavy (non-hydrogen) atoms. The van der Waals surface area contributed by atoms with Gasteiger partial charge in [-0.25, -0.2) is 4.79 Å². The van der Waals surface area contributed by atoms with Crippen LogP contribution in [0.25, 0.3) is 0 Å². The molecular weight excluding hydrogens is 422 g/mol. The summed E-state index contributed by atoms with van der Waals surface area (Å²) in [6.07, 6.45) is 5.52. The molecule has 3 rings (SSSR count). The zero-order valence-corrected chi connectivity index (χ0v) is 19.3. The molecule has 1 N–H and O–H groups in total. The maximum atomic E-state index is 12.9. The largest absolute Gasteiger partial charge is 0.481 e. The van der Waals surface area contributed by atoms with Crippen LogP contribution in [0.3, 0.4) is 0 Å². The summed E-state index contributed by atoms with van der Waals surface area (Å²) in [5, 5.41) is 4.11. The van der Waals surface area contributed by atoms with Gasteiger partial charge in [-0.2, -0.15) is 0 Å². The average Bonchev–Trinajstić information content (AvgIpc) is 3.00. The zero-order valence-electron chi connectivity index (χ0n) is 17.7. The highest BCUT2D eigenvalue weighted by atomic mass is 35.5. The maximum Gasteiger partial charge on any atom is 0.341 e. The number of nitrogens with one attached hydrogen (secondary N) is 1. The van der Waals surface area contributed by atoms with E-state index in [1.807, 2.05) is 6.92 Å². The van der Waals surface area contributed by atoms with Gasteiger partial charge in [0.05, 0.1) is 12.2 Å². The molecular formula is C23H28ClNO4S. The number of benzene rings is 1. The molecule has 0 radical (unpaired) electrons. The second kappa shape index (κ2) is 10.3. The lowest BCUT2D eigenvalue weighted by Gasteiger charge is -2.16. The minimum atomic E-state index is -0.732. The van der Waals surface area contributed by atoms with Crippen molar-refractivity contribution < 1.29 is 19.1 Å². The van der Waals surface area contributed by atoms with Gasteiger partial charge in [0.2, 0.25) is 0 Å².